The Balaban J connectivity index is 1.62. The number of halogens is 1. The standard InChI is InChI=1S/C18H22FN3O2S/c1-21-9-11-22(12-10-21)17-7-5-15(6-8-17)14-20-25(23,24)18-4-2-3-16(19)13-18/h2-8,13,20H,9-12,14H2,1H3/p+1. The van der Waals surface area contributed by atoms with Crippen molar-refractivity contribution in [3.8, 4) is 0 Å². The molecule has 1 saturated heterocycles. The molecule has 25 heavy (non-hydrogen) atoms. The molecule has 5 nitrogen and oxygen atoms in total. The number of piperazine rings is 1. The number of sulfonamides is 1. The third-order valence-electron chi connectivity index (χ3n) is 4.49. The van der Waals surface area contributed by atoms with Crippen LogP contribution in [0.25, 0.3) is 0 Å². The Kier molecular flexibility index (Phi) is 5.36. The van der Waals surface area contributed by atoms with Gasteiger partial charge in [-0.15, -0.1) is 0 Å². The first-order chi connectivity index (χ1) is 11.9. The van der Waals surface area contributed by atoms with E-state index in [-0.39, 0.29) is 11.4 Å². The largest absolute Gasteiger partial charge is 0.360 e. The first kappa shape index (κ1) is 17.8. The predicted octanol–water partition coefficient (Wildman–Crippen LogP) is 0.639. The van der Waals surface area contributed by atoms with Crippen LogP contribution in [0.1, 0.15) is 5.56 Å². The number of hydrogen-bond acceptors (Lipinski definition) is 3. The smallest absolute Gasteiger partial charge is 0.240 e. The summed E-state index contributed by atoms with van der Waals surface area (Å²) in [5.74, 6) is -0.568. The highest BCUT2D eigenvalue weighted by Crippen LogP contribution is 2.16. The van der Waals surface area contributed by atoms with Crippen molar-refractivity contribution < 1.29 is 17.7 Å². The highest BCUT2D eigenvalue weighted by Gasteiger charge is 2.17. The van der Waals surface area contributed by atoms with Crippen LogP contribution in [0.3, 0.4) is 0 Å². The van der Waals surface area contributed by atoms with Crippen molar-refractivity contribution in [2.24, 2.45) is 0 Å². The Bertz CT molecular complexity index is 816. The van der Waals surface area contributed by atoms with Gasteiger partial charge in [-0.2, -0.15) is 0 Å². The minimum Gasteiger partial charge on any atom is -0.360 e. The van der Waals surface area contributed by atoms with Gasteiger partial charge >= 0.3 is 0 Å². The normalized spacial score (nSPS) is 16.2. The molecule has 0 spiro atoms. The molecule has 7 heteroatoms. The molecule has 1 heterocycles. The fourth-order valence-electron chi connectivity index (χ4n) is 2.87. The van der Waals surface area contributed by atoms with Crippen molar-refractivity contribution in [2.75, 3.05) is 38.1 Å². The van der Waals surface area contributed by atoms with Crippen LogP contribution in [0.4, 0.5) is 10.1 Å². The van der Waals surface area contributed by atoms with E-state index in [0.717, 1.165) is 43.5 Å². The van der Waals surface area contributed by atoms with Gasteiger partial charge in [-0.1, -0.05) is 18.2 Å². The summed E-state index contributed by atoms with van der Waals surface area (Å²) >= 11 is 0. The first-order valence-electron chi connectivity index (χ1n) is 8.34. The molecule has 134 valence electrons. The van der Waals surface area contributed by atoms with Gasteiger partial charge in [-0.05, 0) is 35.9 Å². The van der Waals surface area contributed by atoms with Gasteiger partial charge in [0, 0.05) is 12.2 Å². The van der Waals surface area contributed by atoms with Gasteiger partial charge < -0.3 is 9.80 Å². The molecule has 0 aromatic heterocycles. The molecule has 3 rings (SSSR count). The van der Waals surface area contributed by atoms with E-state index in [1.54, 1.807) is 4.90 Å². The van der Waals surface area contributed by atoms with Crippen LogP contribution in [0, 0.1) is 5.82 Å². The van der Waals surface area contributed by atoms with E-state index in [1.165, 1.54) is 18.2 Å². The van der Waals surface area contributed by atoms with Crippen molar-refractivity contribution in [3.63, 3.8) is 0 Å². The Hall–Kier alpha value is -1.96. The van der Waals surface area contributed by atoms with E-state index in [0.29, 0.717) is 0 Å². The molecule has 0 saturated carbocycles. The van der Waals surface area contributed by atoms with Crippen LogP contribution in [-0.4, -0.2) is 41.6 Å². The molecule has 0 aliphatic carbocycles. The maximum Gasteiger partial charge on any atom is 0.240 e. The van der Waals surface area contributed by atoms with E-state index in [4.69, 9.17) is 0 Å². The Morgan fingerprint density at radius 3 is 2.44 bits per heavy atom. The zero-order valence-electron chi connectivity index (χ0n) is 14.2. The van der Waals surface area contributed by atoms with Gasteiger partial charge in [0.2, 0.25) is 10.0 Å². The molecule has 2 aromatic carbocycles. The highest BCUT2D eigenvalue weighted by molar-refractivity contribution is 7.89. The van der Waals surface area contributed by atoms with Gasteiger partial charge in [0.1, 0.15) is 5.82 Å². The van der Waals surface area contributed by atoms with Crippen LogP contribution in [0.15, 0.2) is 53.4 Å². The zero-order chi connectivity index (χ0) is 17.9. The SMILES string of the molecule is C[NH+]1CCN(c2ccc(CNS(=O)(=O)c3cccc(F)c3)cc2)CC1. The van der Waals surface area contributed by atoms with E-state index in [1.807, 2.05) is 24.3 Å². The van der Waals surface area contributed by atoms with E-state index in [9.17, 15) is 12.8 Å². The molecular formula is C18H23FN3O2S+. The van der Waals surface area contributed by atoms with E-state index in [2.05, 4.69) is 16.7 Å². The topological polar surface area (TPSA) is 53.9 Å². The number of nitrogens with zero attached hydrogens (tertiary/aromatic N) is 1. The molecule has 0 atom stereocenters. The van der Waals surface area contributed by atoms with Crippen molar-refractivity contribution in [2.45, 2.75) is 11.4 Å². The Labute approximate surface area is 148 Å². The number of hydrogen-bond donors (Lipinski definition) is 2. The molecule has 2 N–H and O–H groups in total. The number of nitrogens with one attached hydrogen (secondary N) is 2. The molecule has 0 radical (unpaired) electrons. The minimum atomic E-state index is -3.72. The lowest BCUT2D eigenvalue weighted by Gasteiger charge is -2.31. The summed E-state index contributed by atoms with van der Waals surface area (Å²) in [7, 11) is -1.52. The molecule has 0 unspecified atom stereocenters. The lowest BCUT2D eigenvalue weighted by Crippen LogP contribution is -3.12. The highest BCUT2D eigenvalue weighted by atomic mass is 32.2. The molecule has 2 aromatic rings. The lowest BCUT2D eigenvalue weighted by atomic mass is 10.2. The fourth-order valence-corrected chi connectivity index (χ4v) is 3.92. The molecule has 0 bridgehead atoms. The Morgan fingerprint density at radius 2 is 1.80 bits per heavy atom. The van der Waals surface area contributed by atoms with Gasteiger partial charge in [0.25, 0.3) is 0 Å². The zero-order valence-corrected chi connectivity index (χ0v) is 15.0. The summed E-state index contributed by atoms with van der Waals surface area (Å²) in [6, 6.07) is 12.9. The second-order valence-electron chi connectivity index (χ2n) is 6.39. The van der Waals surface area contributed by atoms with E-state index < -0.39 is 15.8 Å². The van der Waals surface area contributed by atoms with Gasteiger partial charge in [-0.3, -0.25) is 0 Å². The average Bonchev–Trinajstić information content (AvgIpc) is 2.61. The number of rotatable bonds is 5. The maximum atomic E-state index is 13.2. The predicted molar refractivity (Wildman–Crippen MR) is 95.7 cm³/mol. The van der Waals surface area contributed by atoms with Gasteiger partial charge in [0.15, 0.2) is 0 Å². The lowest BCUT2D eigenvalue weighted by molar-refractivity contribution is -0.880. The monoisotopic (exact) mass is 364 g/mol. The second-order valence-corrected chi connectivity index (χ2v) is 8.16. The van der Waals surface area contributed by atoms with Gasteiger partial charge in [-0.25, -0.2) is 17.5 Å². The third-order valence-corrected chi connectivity index (χ3v) is 5.89. The molecule has 1 fully saturated rings. The summed E-state index contributed by atoms with van der Waals surface area (Å²) in [5.41, 5.74) is 2.02. The maximum absolute atomic E-state index is 13.2. The summed E-state index contributed by atoms with van der Waals surface area (Å²) in [6.45, 7) is 4.46. The number of benzene rings is 2. The van der Waals surface area contributed by atoms with Crippen LogP contribution in [-0.2, 0) is 16.6 Å². The van der Waals surface area contributed by atoms with Crippen LogP contribution < -0.4 is 14.5 Å². The quantitative estimate of drug-likeness (QED) is 0.819. The van der Waals surface area contributed by atoms with E-state index >= 15 is 0 Å². The molecule has 1 aliphatic rings. The number of quaternary nitrogens is 1. The van der Waals surface area contributed by atoms with Crippen molar-refractivity contribution >= 4 is 15.7 Å². The number of likely N-dealkylation sites (N-methyl/N-ethyl adjacent to an activating group) is 1. The van der Waals surface area contributed by atoms with Crippen LogP contribution >= 0.6 is 0 Å². The van der Waals surface area contributed by atoms with Crippen molar-refractivity contribution in [1.82, 2.24) is 4.72 Å². The molecular weight excluding hydrogens is 341 g/mol. The fraction of sp³-hybridized carbons (Fsp3) is 0.333. The van der Waals surface area contributed by atoms with Crippen molar-refractivity contribution in [3.05, 3.63) is 59.9 Å². The second kappa shape index (κ2) is 7.51. The minimum absolute atomic E-state index is 0.0657. The first-order valence-corrected chi connectivity index (χ1v) is 9.83. The summed E-state index contributed by atoms with van der Waals surface area (Å²) < 4.78 is 40.1. The van der Waals surface area contributed by atoms with Crippen LogP contribution in [0.5, 0.6) is 0 Å². The molecule has 0 amide bonds. The van der Waals surface area contributed by atoms with Crippen molar-refractivity contribution in [1.29, 1.82) is 0 Å². The third kappa shape index (κ3) is 4.56. The van der Waals surface area contributed by atoms with Gasteiger partial charge in [0.05, 0.1) is 38.1 Å². The summed E-state index contributed by atoms with van der Waals surface area (Å²) in [6.07, 6.45) is 0. The Morgan fingerprint density at radius 1 is 1.12 bits per heavy atom. The summed E-state index contributed by atoms with van der Waals surface area (Å²) in [4.78, 5) is 3.82. The molecule has 1 aliphatic heterocycles. The average molecular weight is 364 g/mol. The number of anilines is 1. The van der Waals surface area contributed by atoms with Crippen LogP contribution in [0.2, 0.25) is 0 Å². The summed E-state index contributed by atoms with van der Waals surface area (Å²) in [5, 5.41) is 0.